The van der Waals surface area contributed by atoms with Crippen LogP contribution in [0, 0.1) is 0 Å². The molecule has 1 heterocycles. The number of hydrogen-bond acceptors (Lipinski definition) is 4. The van der Waals surface area contributed by atoms with Gasteiger partial charge in [0.2, 0.25) is 0 Å². The lowest BCUT2D eigenvalue weighted by Crippen LogP contribution is -2.24. The first-order valence-corrected chi connectivity index (χ1v) is 4.10. The van der Waals surface area contributed by atoms with Crippen LogP contribution in [0.3, 0.4) is 0 Å². The van der Waals surface area contributed by atoms with Gasteiger partial charge in [-0.25, -0.2) is 4.98 Å². The highest BCUT2D eigenvalue weighted by molar-refractivity contribution is 7.40. The van der Waals surface area contributed by atoms with E-state index in [-0.39, 0.29) is 0 Å². The topological polar surface area (TPSA) is 100 Å². The number of pyridine rings is 1. The molecule has 11 heavy (non-hydrogen) atoms. The van der Waals surface area contributed by atoms with E-state index >= 15 is 0 Å². The van der Waals surface area contributed by atoms with Crippen LogP contribution in [0.2, 0.25) is 0 Å². The van der Waals surface area contributed by atoms with Crippen molar-refractivity contribution in [3.05, 3.63) is 30.6 Å². The Hall–Kier alpha value is -0.740. The summed E-state index contributed by atoms with van der Waals surface area (Å²) in [6, 6.07) is 5.86. The quantitative estimate of drug-likeness (QED) is 0.413. The fourth-order valence-electron chi connectivity index (χ4n) is 0.342. The lowest BCUT2D eigenvalue weighted by atomic mass is 10.5. The van der Waals surface area contributed by atoms with Crippen LogP contribution in [0.5, 0.6) is 0 Å². The van der Waals surface area contributed by atoms with Gasteiger partial charge in [-0.1, -0.05) is 6.07 Å². The maximum absolute atomic E-state index is 8.55. The Morgan fingerprint density at radius 2 is 1.36 bits per heavy atom. The van der Waals surface area contributed by atoms with Crippen LogP contribution in [0.25, 0.3) is 0 Å². The van der Waals surface area contributed by atoms with Gasteiger partial charge in [0.25, 0.3) is 0 Å². The predicted molar refractivity (Wildman–Crippen MR) is 30.6 cm³/mol. The minimum atomic E-state index is -5.39. The first-order valence-electron chi connectivity index (χ1n) is 2.64. The summed E-state index contributed by atoms with van der Waals surface area (Å²) in [5, 5.41) is 0. The average molecular weight is 175 g/mol. The average Bonchev–Trinajstić information content (AvgIpc) is 1.88. The highest BCUT2D eigenvalue weighted by Crippen LogP contribution is 2.03. The van der Waals surface area contributed by atoms with Crippen LogP contribution < -0.4 is 19.7 Å². The van der Waals surface area contributed by atoms with Gasteiger partial charge in [-0.05, 0) is 0 Å². The minimum absolute atomic E-state index is 1.88. The summed E-state index contributed by atoms with van der Waals surface area (Å²) in [5.74, 6) is 0. The fraction of sp³-hybridized carbons (Fsp3) is 0. The Morgan fingerprint density at radius 3 is 1.45 bits per heavy atom. The van der Waals surface area contributed by atoms with E-state index in [0.717, 1.165) is 0 Å². The van der Waals surface area contributed by atoms with E-state index in [1.807, 2.05) is 30.6 Å². The smallest absolute Gasteiger partial charge is 0.166 e. The van der Waals surface area contributed by atoms with E-state index in [2.05, 4.69) is 4.98 Å². The standard InChI is InChI=1S/C5H5N.H3O4P/c1-2-4-6-5-3-1;1-5(2,3)4/h1-5H;(H3,1,2,3,4)/p-2. The zero-order valence-electron chi connectivity index (χ0n) is 5.47. The molecule has 0 radical (unpaired) electrons. The monoisotopic (exact) mass is 175 g/mol. The summed E-state index contributed by atoms with van der Waals surface area (Å²) in [5.41, 5.74) is 0. The molecule has 0 amide bonds. The Labute approximate surface area is 63.6 Å². The Kier molecular flexibility index (Phi) is 4.65. The van der Waals surface area contributed by atoms with Crippen molar-refractivity contribution in [2.45, 2.75) is 0 Å². The summed E-state index contributed by atoms with van der Waals surface area (Å²) < 4.78 is 8.55. The van der Waals surface area contributed by atoms with Gasteiger partial charge in [0.05, 0.1) is 0 Å². The molecular formula is C5H6NO4P-2. The van der Waals surface area contributed by atoms with Crippen molar-refractivity contribution in [2.75, 3.05) is 0 Å². The molecule has 0 spiro atoms. The SMILES string of the molecule is O=P([O-])([O-])[O-].c1cc[nH+]cc1. The number of H-pyrrole nitrogens is 1. The number of nitrogens with one attached hydrogen (secondary N) is 1. The fourth-order valence-corrected chi connectivity index (χ4v) is 0.342. The third kappa shape index (κ3) is 17.6. The molecule has 1 N–H and O–H groups in total. The number of phosphoric acid groups is 1. The third-order valence-corrected chi connectivity index (χ3v) is 0.607. The molecule has 0 aromatic carbocycles. The highest BCUT2D eigenvalue weighted by Gasteiger charge is 1.65. The van der Waals surface area contributed by atoms with Gasteiger partial charge in [0, 0.05) is 12.1 Å². The Morgan fingerprint density at radius 1 is 1.00 bits per heavy atom. The van der Waals surface area contributed by atoms with Crippen molar-refractivity contribution >= 4 is 7.82 Å². The van der Waals surface area contributed by atoms with E-state index in [1.165, 1.54) is 0 Å². The van der Waals surface area contributed by atoms with Gasteiger partial charge in [-0.15, -0.1) is 0 Å². The summed E-state index contributed by atoms with van der Waals surface area (Å²) >= 11 is 0. The van der Waals surface area contributed by atoms with E-state index in [9.17, 15) is 0 Å². The third-order valence-electron chi connectivity index (χ3n) is 0.607. The molecule has 1 aromatic rings. The van der Waals surface area contributed by atoms with Crippen molar-refractivity contribution in [3.8, 4) is 0 Å². The van der Waals surface area contributed by atoms with Gasteiger partial charge in [-0.3, -0.25) is 0 Å². The molecule has 6 heteroatoms. The van der Waals surface area contributed by atoms with Crippen LogP contribution in [0.1, 0.15) is 0 Å². The second-order valence-electron chi connectivity index (χ2n) is 1.52. The van der Waals surface area contributed by atoms with Crippen LogP contribution >= 0.6 is 7.82 Å². The summed E-state index contributed by atoms with van der Waals surface area (Å²) in [6.07, 6.45) is 3.75. The van der Waals surface area contributed by atoms with Crippen LogP contribution in [0.15, 0.2) is 30.6 Å². The van der Waals surface area contributed by atoms with Crippen LogP contribution in [-0.4, -0.2) is 0 Å². The molecule has 0 saturated carbocycles. The number of rotatable bonds is 0. The molecule has 0 aliphatic carbocycles. The van der Waals surface area contributed by atoms with Crippen molar-refractivity contribution in [1.29, 1.82) is 0 Å². The van der Waals surface area contributed by atoms with Gasteiger partial charge in [0.1, 0.15) is 0 Å². The molecule has 0 aliphatic heterocycles. The lowest BCUT2D eigenvalue weighted by molar-refractivity contribution is -0.432. The van der Waals surface area contributed by atoms with E-state index < -0.39 is 7.82 Å². The van der Waals surface area contributed by atoms with Gasteiger partial charge >= 0.3 is 0 Å². The maximum atomic E-state index is 8.55. The summed E-state index contributed by atoms with van der Waals surface area (Å²) in [7, 11) is -5.39. The molecular weight excluding hydrogens is 169 g/mol. The molecule has 0 fully saturated rings. The zero-order chi connectivity index (χ0) is 8.74. The minimum Gasteiger partial charge on any atom is -0.822 e. The van der Waals surface area contributed by atoms with E-state index in [1.54, 1.807) is 0 Å². The first-order chi connectivity index (χ1) is 5.00. The molecule has 5 nitrogen and oxygen atoms in total. The van der Waals surface area contributed by atoms with Crippen molar-refractivity contribution < 1.29 is 24.2 Å². The Balaban J connectivity index is 0.000000187. The van der Waals surface area contributed by atoms with Crippen molar-refractivity contribution in [2.24, 2.45) is 0 Å². The molecule has 0 aliphatic rings. The predicted octanol–water partition coefficient (Wildman–Crippen LogP) is -2.32. The molecule has 1 rings (SSSR count). The second kappa shape index (κ2) is 4.98. The van der Waals surface area contributed by atoms with Crippen molar-refractivity contribution in [1.82, 2.24) is 0 Å². The van der Waals surface area contributed by atoms with Crippen LogP contribution in [0.4, 0.5) is 0 Å². The van der Waals surface area contributed by atoms with Gasteiger partial charge in [-0.2, -0.15) is 7.82 Å². The molecule has 62 valence electrons. The number of hydrogen-bond donors (Lipinski definition) is 0. The van der Waals surface area contributed by atoms with Crippen molar-refractivity contribution in [3.63, 3.8) is 0 Å². The van der Waals surface area contributed by atoms with Crippen LogP contribution in [-0.2, 0) is 4.57 Å². The largest absolute Gasteiger partial charge is 0.822 e. The van der Waals surface area contributed by atoms with E-state index in [4.69, 9.17) is 19.2 Å². The molecule has 1 aromatic heterocycles. The Bertz CT molecular complexity index is 186. The van der Waals surface area contributed by atoms with E-state index in [0.29, 0.717) is 0 Å². The van der Waals surface area contributed by atoms with Gasteiger partial charge < -0.3 is 19.2 Å². The molecule has 0 atom stereocenters. The summed E-state index contributed by atoms with van der Waals surface area (Å²) in [6.45, 7) is 0. The normalized spacial score (nSPS) is 9.73. The number of aromatic amines is 1. The summed E-state index contributed by atoms with van der Waals surface area (Å²) in [4.78, 5) is 28.5. The lowest BCUT2D eigenvalue weighted by Gasteiger charge is -2.36. The van der Waals surface area contributed by atoms with Gasteiger partial charge in [0.15, 0.2) is 12.4 Å². The second-order valence-corrected chi connectivity index (χ2v) is 2.42. The first kappa shape index (κ1) is 10.3. The molecule has 0 unspecified atom stereocenters. The molecule has 0 saturated heterocycles. The zero-order valence-corrected chi connectivity index (χ0v) is 6.36. The highest BCUT2D eigenvalue weighted by atomic mass is 31.2. The molecule has 0 bridgehead atoms. The number of aromatic nitrogens is 1. The maximum Gasteiger partial charge on any atom is 0.166 e.